The summed E-state index contributed by atoms with van der Waals surface area (Å²) in [4.78, 5) is 15.1. The highest BCUT2D eigenvalue weighted by Gasteiger charge is 2.42. The van der Waals surface area contributed by atoms with E-state index in [0.717, 1.165) is 12.0 Å². The SMILES string of the molecule is O=C(C1NNC2CCCCCC21)N1CCOC(c2ccccc2)C1. The maximum Gasteiger partial charge on any atom is 0.241 e. The van der Waals surface area contributed by atoms with Crippen LogP contribution in [0, 0.1) is 5.92 Å². The highest BCUT2D eigenvalue weighted by Crippen LogP contribution is 2.31. The van der Waals surface area contributed by atoms with E-state index in [-0.39, 0.29) is 18.1 Å². The van der Waals surface area contributed by atoms with Gasteiger partial charge in [0.2, 0.25) is 5.91 Å². The number of carbonyl (C=O) groups is 1. The summed E-state index contributed by atoms with van der Waals surface area (Å²) in [5, 5.41) is 0. The number of nitrogens with zero attached hydrogens (tertiary/aromatic N) is 1. The van der Waals surface area contributed by atoms with E-state index in [2.05, 4.69) is 23.0 Å². The van der Waals surface area contributed by atoms with E-state index in [0.29, 0.717) is 31.7 Å². The van der Waals surface area contributed by atoms with Gasteiger partial charge in [-0.15, -0.1) is 0 Å². The van der Waals surface area contributed by atoms with E-state index < -0.39 is 0 Å². The number of carbonyl (C=O) groups excluding carboxylic acids is 1. The number of ether oxygens (including phenoxy) is 1. The number of fused-ring (bicyclic) bond motifs is 1. The Balaban J connectivity index is 1.44. The van der Waals surface area contributed by atoms with Gasteiger partial charge in [0.05, 0.1) is 13.2 Å². The molecule has 3 fully saturated rings. The summed E-state index contributed by atoms with van der Waals surface area (Å²) in [5.41, 5.74) is 7.83. The Labute approximate surface area is 143 Å². The fraction of sp³-hybridized carbons (Fsp3) is 0.632. The minimum Gasteiger partial charge on any atom is -0.370 e. The van der Waals surface area contributed by atoms with Crippen LogP contribution < -0.4 is 10.9 Å². The normalized spacial score (nSPS) is 33.8. The molecule has 0 bridgehead atoms. The van der Waals surface area contributed by atoms with Crippen molar-refractivity contribution in [1.29, 1.82) is 0 Å². The van der Waals surface area contributed by atoms with Gasteiger partial charge in [0.25, 0.3) is 0 Å². The predicted octanol–water partition coefficient (Wildman–Crippen LogP) is 2.01. The molecule has 2 saturated heterocycles. The van der Waals surface area contributed by atoms with Crippen LogP contribution in [0.15, 0.2) is 30.3 Å². The predicted molar refractivity (Wildman–Crippen MR) is 92.1 cm³/mol. The molecule has 0 radical (unpaired) electrons. The number of hydrazine groups is 1. The molecule has 24 heavy (non-hydrogen) atoms. The van der Waals surface area contributed by atoms with Crippen molar-refractivity contribution < 1.29 is 9.53 Å². The Morgan fingerprint density at radius 3 is 2.79 bits per heavy atom. The van der Waals surface area contributed by atoms with Crippen LogP contribution in [0.1, 0.15) is 43.8 Å². The van der Waals surface area contributed by atoms with Crippen molar-refractivity contribution in [2.75, 3.05) is 19.7 Å². The van der Waals surface area contributed by atoms with Gasteiger partial charge in [0, 0.05) is 18.5 Å². The molecule has 3 aliphatic rings. The molecule has 4 unspecified atom stereocenters. The standard InChI is InChI=1S/C19H27N3O2/c23-19(18-15-9-5-2-6-10-16(15)20-21-18)22-11-12-24-17(13-22)14-7-3-1-4-8-14/h1,3-4,7-8,15-18,20-21H,2,5-6,9-13H2. The first-order chi connectivity index (χ1) is 11.8. The molecular weight excluding hydrogens is 302 g/mol. The van der Waals surface area contributed by atoms with E-state index in [4.69, 9.17) is 4.74 Å². The van der Waals surface area contributed by atoms with E-state index in [1.807, 2.05) is 23.1 Å². The number of morpholine rings is 1. The Morgan fingerprint density at radius 2 is 1.92 bits per heavy atom. The van der Waals surface area contributed by atoms with Crippen LogP contribution in [-0.4, -0.2) is 42.6 Å². The summed E-state index contributed by atoms with van der Waals surface area (Å²) in [6.07, 6.45) is 6.12. The highest BCUT2D eigenvalue weighted by atomic mass is 16.5. The molecule has 1 amide bonds. The second-order valence-electron chi connectivity index (χ2n) is 7.23. The number of nitrogens with one attached hydrogen (secondary N) is 2. The Morgan fingerprint density at radius 1 is 1.08 bits per heavy atom. The second kappa shape index (κ2) is 7.21. The molecule has 1 saturated carbocycles. The number of amides is 1. The second-order valence-corrected chi connectivity index (χ2v) is 7.23. The topological polar surface area (TPSA) is 53.6 Å². The van der Waals surface area contributed by atoms with Gasteiger partial charge < -0.3 is 9.64 Å². The Bertz CT molecular complexity index is 565. The smallest absolute Gasteiger partial charge is 0.241 e. The summed E-state index contributed by atoms with van der Waals surface area (Å²) < 4.78 is 5.90. The zero-order valence-electron chi connectivity index (χ0n) is 14.1. The molecule has 1 aromatic carbocycles. The Hall–Kier alpha value is -1.43. The van der Waals surface area contributed by atoms with Crippen molar-refractivity contribution in [1.82, 2.24) is 15.8 Å². The first-order valence-corrected chi connectivity index (χ1v) is 9.29. The lowest BCUT2D eigenvalue weighted by Crippen LogP contribution is -2.51. The minimum atomic E-state index is -0.0809. The van der Waals surface area contributed by atoms with E-state index >= 15 is 0 Å². The average Bonchev–Trinajstić information content (AvgIpc) is 2.90. The molecule has 2 aliphatic heterocycles. The number of hydrogen-bond acceptors (Lipinski definition) is 4. The van der Waals surface area contributed by atoms with Gasteiger partial charge in [-0.25, -0.2) is 5.43 Å². The van der Waals surface area contributed by atoms with Crippen LogP contribution >= 0.6 is 0 Å². The molecule has 4 rings (SSSR count). The summed E-state index contributed by atoms with van der Waals surface area (Å²) >= 11 is 0. The monoisotopic (exact) mass is 329 g/mol. The molecule has 4 atom stereocenters. The molecule has 0 spiro atoms. The summed E-state index contributed by atoms with van der Waals surface area (Å²) in [6, 6.07) is 10.6. The van der Waals surface area contributed by atoms with Crippen LogP contribution in [0.2, 0.25) is 0 Å². The highest BCUT2D eigenvalue weighted by molar-refractivity contribution is 5.82. The molecule has 2 N–H and O–H groups in total. The van der Waals surface area contributed by atoms with E-state index in [1.165, 1.54) is 25.7 Å². The molecule has 5 heteroatoms. The van der Waals surface area contributed by atoms with Crippen molar-refractivity contribution in [2.45, 2.75) is 50.3 Å². The molecule has 0 aromatic heterocycles. The number of hydrogen-bond donors (Lipinski definition) is 2. The zero-order valence-corrected chi connectivity index (χ0v) is 14.1. The average molecular weight is 329 g/mol. The third-order valence-corrected chi connectivity index (χ3v) is 5.74. The van der Waals surface area contributed by atoms with Crippen molar-refractivity contribution in [3.05, 3.63) is 35.9 Å². The van der Waals surface area contributed by atoms with Crippen molar-refractivity contribution in [3.8, 4) is 0 Å². The largest absolute Gasteiger partial charge is 0.370 e. The van der Waals surface area contributed by atoms with Crippen molar-refractivity contribution in [2.24, 2.45) is 5.92 Å². The molecule has 5 nitrogen and oxygen atoms in total. The molecule has 130 valence electrons. The summed E-state index contributed by atoms with van der Waals surface area (Å²) in [6.45, 7) is 1.95. The van der Waals surface area contributed by atoms with E-state index in [1.54, 1.807) is 0 Å². The van der Waals surface area contributed by atoms with Gasteiger partial charge in [-0.1, -0.05) is 49.6 Å². The fourth-order valence-corrected chi connectivity index (χ4v) is 4.38. The first kappa shape index (κ1) is 16.1. The third-order valence-electron chi connectivity index (χ3n) is 5.74. The van der Waals surface area contributed by atoms with Crippen LogP contribution in [0.5, 0.6) is 0 Å². The Kier molecular flexibility index (Phi) is 4.83. The lowest BCUT2D eigenvalue weighted by atomic mass is 9.89. The van der Waals surface area contributed by atoms with Crippen LogP contribution in [0.4, 0.5) is 0 Å². The zero-order chi connectivity index (χ0) is 16.4. The van der Waals surface area contributed by atoms with Crippen molar-refractivity contribution >= 4 is 5.91 Å². The summed E-state index contributed by atoms with van der Waals surface area (Å²) in [7, 11) is 0. The lowest BCUT2D eigenvalue weighted by Gasteiger charge is -2.35. The minimum absolute atomic E-state index is 0.0109. The maximum atomic E-state index is 13.1. The summed E-state index contributed by atoms with van der Waals surface area (Å²) in [5.74, 6) is 0.666. The number of rotatable bonds is 2. The lowest BCUT2D eigenvalue weighted by molar-refractivity contribution is -0.142. The molecule has 2 heterocycles. The fourth-order valence-electron chi connectivity index (χ4n) is 4.38. The van der Waals surface area contributed by atoms with E-state index in [9.17, 15) is 4.79 Å². The van der Waals surface area contributed by atoms with Gasteiger partial charge in [0.15, 0.2) is 0 Å². The quantitative estimate of drug-likeness (QED) is 0.871. The third kappa shape index (κ3) is 3.21. The van der Waals surface area contributed by atoms with Crippen LogP contribution in [0.3, 0.4) is 0 Å². The molecule has 1 aliphatic carbocycles. The van der Waals surface area contributed by atoms with Crippen LogP contribution in [0.25, 0.3) is 0 Å². The first-order valence-electron chi connectivity index (χ1n) is 9.29. The van der Waals surface area contributed by atoms with Gasteiger partial charge in [-0.05, 0) is 18.4 Å². The molecular formula is C19H27N3O2. The van der Waals surface area contributed by atoms with Gasteiger partial charge in [-0.2, -0.15) is 0 Å². The number of benzene rings is 1. The van der Waals surface area contributed by atoms with Gasteiger partial charge in [0.1, 0.15) is 12.1 Å². The van der Waals surface area contributed by atoms with Crippen LogP contribution in [-0.2, 0) is 9.53 Å². The maximum absolute atomic E-state index is 13.1. The molecule has 1 aromatic rings. The van der Waals surface area contributed by atoms with Gasteiger partial charge >= 0.3 is 0 Å². The van der Waals surface area contributed by atoms with Gasteiger partial charge in [-0.3, -0.25) is 10.2 Å². The van der Waals surface area contributed by atoms with Crippen molar-refractivity contribution in [3.63, 3.8) is 0 Å².